The average Bonchev–Trinajstić information content (AvgIpc) is 3.70. The van der Waals surface area contributed by atoms with Crippen molar-refractivity contribution < 1.29 is 24.2 Å². The molecule has 3 aromatic carbocycles. The number of phenolic OH excluding ortho intramolecular Hbond substituents is 1. The van der Waals surface area contributed by atoms with Gasteiger partial charge in [0.1, 0.15) is 5.75 Å². The van der Waals surface area contributed by atoms with Crippen LogP contribution in [0.5, 0.6) is 5.75 Å². The summed E-state index contributed by atoms with van der Waals surface area (Å²) in [6, 6.07) is 28.4. The quantitative estimate of drug-likeness (QED) is 0.216. The van der Waals surface area contributed by atoms with E-state index in [1.165, 1.54) is 0 Å². The first-order valence-corrected chi connectivity index (χ1v) is 21.5. The number of hydrogen-bond donors (Lipinski definition) is 2. The number of carbonyl (C=O) groups excluding carboxylic acids is 3. The minimum atomic E-state index is -0.610. The van der Waals surface area contributed by atoms with Gasteiger partial charge in [-0.3, -0.25) is 24.6 Å². The Labute approximate surface area is 346 Å². The molecule has 1 aromatic heterocycles. The van der Waals surface area contributed by atoms with Crippen LogP contribution in [0.4, 0.5) is 11.4 Å². The Hall–Kier alpha value is -5.33. The summed E-state index contributed by atoms with van der Waals surface area (Å²) in [7, 11) is 2.02. The van der Waals surface area contributed by atoms with Crippen molar-refractivity contribution in [2.75, 3.05) is 62.7 Å². The Balaban J connectivity index is 0.789. The van der Waals surface area contributed by atoms with Crippen molar-refractivity contribution in [2.45, 2.75) is 86.8 Å². The zero-order chi connectivity index (χ0) is 40.6. The molecule has 3 amide bonds. The SMILES string of the molecule is CN(C(=O)C1(c2ccccc2)CCN(c2cnnc(-c3ccccc3O)c2)CC1)C1CCN([C@H]2COC3(CCN(c4ccc([C@H]5CCC(=O)NC5=O)cc4)CC3)C2)CC1. The molecule has 1 spiro atoms. The van der Waals surface area contributed by atoms with E-state index in [4.69, 9.17) is 4.74 Å². The second kappa shape index (κ2) is 16.4. The molecule has 5 saturated heterocycles. The van der Waals surface area contributed by atoms with Gasteiger partial charge in [-0.25, -0.2) is 0 Å². The van der Waals surface area contributed by atoms with Crippen LogP contribution in [0.3, 0.4) is 0 Å². The van der Waals surface area contributed by atoms with Gasteiger partial charge < -0.3 is 24.5 Å². The summed E-state index contributed by atoms with van der Waals surface area (Å²) < 4.78 is 6.65. The maximum Gasteiger partial charge on any atom is 0.234 e. The van der Waals surface area contributed by atoms with Crippen LogP contribution in [0.15, 0.2) is 91.1 Å². The largest absolute Gasteiger partial charge is 0.507 e. The van der Waals surface area contributed by atoms with Crippen LogP contribution >= 0.6 is 0 Å². The summed E-state index contributed by atoms with van der Waals surface area (Å²) in [5.74, 6) is -0.259. The molecule has 12 nitrogen and oxygen atoms in total. The van der Waals surface area contributed by atoms with Crippen LogP contribution in [0, 0.1) is 0 Å². The third-order valence-corrected chi connectivity index (χ3v) is 14.2. The Morgan fingerprint density at radius 2 is 1.51 bits per heavy atom. The molecule has 0 bridgehead atoms. The molecule has 5 aliphatic heterocycles. The Morgan fingerprint density at radius 1 is 0.831 bits per heavy atom. The first-order valence-electron chi connectivity index (χ1n) is 21.5. The summed E-state index contributed by atoms with van der Waals surface area (Å²) in [6.07, 6.45) is 9.02. The zero-order valence-corrected chi connectivity index (χ0v) is 34.0. The second-order valence-electron chi connectivity index (χ2n) is 17.4. The topological polar surface area (TPSA) is 131 Å². The first kappa shape index (κ1) is 39.1. The van der Waals surface area contributed by atoms with E-state index in [9.17, 15) is 19.5 Å². The van der Waals surface area contributed by atoms with Gasteiger partial charge in [-0.05, 0) is 92.8 Å². The molecule has 0 radical (unpaired) electrons. The normalized spacial score (nSPS) is 23.6. The van der Waals surface area contributed by atoms with Crippen molar-refractivity contribution >= 4 is 29.1 Å². The number of aromatic nitrogens is 2. The molecule has 9 rings (SSSR count). The summed E-state index contributed by atoms with van der Waals surface area (Å²) in [5, 5.41) is 21.5. The van der Waals surface area contributed by atoms with E-state index >= 15 is 0 Å². The summed E-state index contributed by atoms with van der Waals surface area (Å²) >= 11 is 0. The molecular formula is C47H55N7O5. The number of imide groups is 1. The predicted octanol–water partition coefficient (Wildman–Crippen LogP) is 5.66. The molecule has 0 unspecified atom stereocenters. The van der Waals surface area contributed by atoms with Crippen LogP contribution in [0.1, 0.15) is 74.8 Å². The highest BCUT2D eigenvalue weighted by Gasteiger charge is 2.48. The number of anilines is 2. The van der Waals surface area contributed by atoms with Crippen LogP contribution in [-0.2, 0) is 24.5 Å². The number of carbonyl (C=O) groups is 3. The second-order valence-corrected chi connectivity index (χ2v) is 17.4. The smallest absolute Gasteiger partial charge is 0.234 e. The maximum absolute atomic E-state index is 14.8. The van der Waals surface area contributed by atoms with Crippen LogP contribution in [0.25, 0.3) is 11.3 Å². The number of likely N-dealkylation sites (N-methyl/N-ethyl adjacent to an activating group) is 1. The lowest BCUT2D eigenvalue weighted by Crippen LogP contribution is -2.56. The zero-order valence-electron chi connectivity index (χ0n) is 34.0. The highest BCUT2D eigenvalue weighted by atomic mass is 16.5. The highest BCUT2D eigenvalue weighted by molar-refractivity contribution is 6.01. The van der Waals surface area contributed by atoms with Gasteiger partial charge in [-0.15, -0.1) is 0 Å². The first-order chi connectivity index (χ1) is 28.7. The van der Waals surface area contributed by atoms with Gasteiger partial charge >= 0.3 is 0 Å². The number of ether oxygens (including phenoxy) is 1. The molecule has 59 heavy (non-hydrogen) atoms. The van der Waals surface area contributed by atoms with Crippen molar-refractivity contribution in [3.8, 4) is 17.0 Å². The van der Waals surface area contributed by atoms with Gasteiger partial charge in [0.2, 0.25) is 17.7 Å². The minimum absolute atomic E-state index is 0.0917. The fourth-order valence-electron chi connectivity index (χ4n) is 10.5. The number of rotatable bonds is 8. The van der Waals surface area contributed by atoms with E-state index < -0.39 is 5.41 Å². The fourth-order valence-corrected chi connectivity index (χ4v) is 10.5. The Morgan fingerprint density at radius 3 is 2.22 bits per heavy atom. The van der Waals surface area contributed by atoms with Crippen molar-refractivity contribution in [2.24, 2.45) is 0 Å². The third-order valence-electron chi connectivity index (χ3n) is 14.2. The fraction of sp³-hybridized carbons (Fsp3) is 0.468. The molecule has 4 aromatic rings. The molecular weight excluding hydrogens is 743 g/mol. The maximum atomic E-state index is 14.8. The van der Waals surface area contributed by atoms with Crippen molar-refractivity contribution in [1.82, 2.24) is 25.3 Å². The number of likely N-dealkylation sites (tertiary alicyclic amines) is 1. The molecule has 308 valence electrons. The molecule has 5 fully saturated rings. The minimum Gasteiger partial charge on any atom is -0.507 e. The van der Waals surface area contributed by atoms with Gasteiger partial charge in [-0.2, -0.15) is 10.2 Å². The van der Waals surface area contributed by atoms with Crippen LogP contribution in [0.2, 0.25) is 0 Å². The number of hydrogen-bond acceptors (Lipinski definition) is 10. The number of nitrogens with zero attached hydrogens (tertiary/aromatic N) is 6. The number of phenols is 1. The summed E-state index contributed by atoms with van der Waals surface area (Å²) in [6.45, 7) is 5.94. The van der Waals surface area contributed by atoms with Gasteiger partial charge in [0.15, 0.2) is 0 Å². The molecule has 0 saturated carbocycles. The molecule has 0 aliphatic carbocycles. The molecule has 2 atom stereocenters. The Kier molecular flexibility index (Phi) is 10.9. The van der Waals surface area contributed by atoms with Gasteiger partial charge in [0.05, 0.1) is 41.1 Å². The number of amides is 3. The van der Waals surface area contributed by atoms with E-state index in [0.717, 1.165) is 87.4 Å². The van der Waals surface area contributed by atoms with E-state index in [-0.39, 0.29) is 41.0 Å². The third kappa shape index (κ3) is 7.80. The molecule has 12 heteroatoms. The predicted molar refractivity (Wildman–Crippen MR) is 226 cm³/mol. The van der Waals surface area contributed by atoms with E-state index in [1.807, 2.05) is 55.6 Å². The van der Waals surface area contributed by atoms with Gasteiger partial charge in [0.25, 0.3) is 0 Å². The van der Waals surface area contributed by atoms with Crippen molar-refractivity contribution in [3.63, 3.8) is 0 Å². The van der Waals surface area contributed by atoms with Gasteiger partial charge in [0, 0.05) is 76.1 Å². The number of para-hydroxylation sites is 1. The number of aromatic hydroxyl groups is 1. The van der Waals surface area contributed by atoms with Gasteiger partial charge in [-0.1, -0.05) is 54.6 Å². The molecule has 5 aliphatic rings. The molecule has 2 N–H and O–H groups in total. The van der Waals surface area contributed by atoms with Crippen LogP contribution < -0.4 is 15.1 Å². The number of nitrogens with one attached hydrogen (secondary N) is 1. The molecule has 6 heterocycles. The number of piperidine rings is 4. The average molecular weight is 798 g/mol. The Bertz CT molecular complexity index is 2140. The van der Waals surface area contributed by atoms with E-state index in [1.54, 1.807) is 18.3 Å². The summed E-state index contributed by atoms with van der Waals surface area (Å²) in [5.41, 5.74) is 4.72. The van der Waals surface area contributed by atoms with E-state index in [0.29, 0.717) is 56.1 Å². The van der Waals surface area contributed by atoms with E-state index in [2.05, 4.69) is 59.4 Å². The lowest BCUT2D eigenvalue weighted by Gasteiger charge is -2.46. The lowest BCUT2D eigenvalue weighted by molar-refractivity contribution is -0.140. The van der Waals surface area contributed by atoms with Crippen molar-refractivity contribution in [3.05, 3.63) is 102 Å². The highest BCUT2D eigenvalue weighted by Crippen LogP contribution is 2.42. The lowest BCUT2D eigenvalue weighted by atomic mass is 9.71. The standard InChI is InChI=1S/C47H55N7O5/c1-51(45(58)47(34-7-3-2-4-8-34)21-27-54(28-22-47)37-29-41(50-48-31-37)40-9-5-6-10-42(40)55)35-17-23-52(24-18-35)38-30-46(59-32-38)19-25-53(26-20-46)36-13-11-33(12-14-36)39-15-16-43(56)49-44(39)57/h2-14,29,31,35,38-39,55H,15-28,30,32H2,1H3,(H,49,56,57)/t38-,39-/m1/s1. The van der Waals surface area contributed by atoms with Crippen molar-refractivity contribution in [1.29, 1.82) is 0 Å². The monoisotopic (exact) mass is 797 g/mol. The van der Waals surface area contributed by atoms with Crippen LogP contribution in [-0.4, -0.2) is 113 Å². The summed E-state index contributed by atoms with van der Waals surface area (Å²) in [4.78, 5) is 48.2. The number of benzene rings is 3.